The summed E-state index contributed by atoms with van der Waals surface area (Å²) in [6, 6.07) is 1.94. The second kappa shape index (κ2) is 2.96. The summed E-state index contributed by atoms with van der Waals surface area (Å²) >= 11 is 0. The molecule has 0 radical (unpaired) electrons. The summed E-state index contributed by atoms with van der Waals surface area (Å²) in [6.07, 6.45) is 4.53. The summed E-state index contributed by atoms with van der Waals surface area (Å²) in [4.78, 5) is 2.61. The van der Waals surface area contributed by atoms with Gasteiger partial charge in [0, 0.05) is 18.1 Å². The van der Waals surface area contributed by atoms with Gasteiger partial charge in [0.05, 0.1) is 5.60 Å². The number of hydrogen-bond acceptors (Lipinski definition) is 2. The second-order valence-corrected chi connectivity index (χ2v) is 5.33. The Morgan fingerprint density at radius 1 is 1.23 bits per heavy atom. The lowest BCUT2D eigenvalue weighted by atomic mass is 9.87. The number of hydrogen-bond donors (Lipinski definition) is 1. The van der Waals surface area contributed by atoms with Crippen LogP contribution in [-0.2, 0) is 0 Å². The SMILES string of the molecule is CC(C)N1C2CCC1CC(C)(O)C2. The maximum absolute atomic E-state index is 10.0. The standard InChI is InChI=1S/C11H21NO/c1-8(2)12-9-4-5-10(12)7-11(3,13)6-9/h8-10,13H,4-7H2,1-3H3. The quantitative estimate of drug-likeness (QED) is 0.669. The molecule has 1 N–H and O–H groups in total. The van der Waals surface area contributed by atoms with Crippen molar-refractivity contribution in [2.45, 2.75) is 70.2 Å². The Morgan fingerprint density at radius 2 is 1.69 bits per heavy atom. The highest BCUT2D eigenvalue weighted by molar-refractivity contribution is 5.01. The summed E-state index contributed by atoms with van der Waals surface area (Å²) in [7, 11) is 0. The first-order valence-electron chi connectivity index (χ1n) is 5.49. The lowest BCUT2D eigenvalue weighted by Crippen LogP contribution is -2.52. The second-order valence-electron chi connectivity index (χ2n) is 5.33. The number of nitrogens with zero attached hydrogens (tertiary/aromatic N) is 1. The van der Waals surface area contributed by atoms with Crippen LogP contribution < -0.4 is 0 Å². The molecule has 13 heavy (non-hydrogen) atoms. The van der Waals surface area contributed by atoms with Gasteiger partial charge in [0.25, 0.3) is 0 Å². The number of rotatable bonds is 1. The number of aliphatic hydroxyl groups is 1. The molecule has 2 atom stereocenters. The van der Waals surface area contributed by atoms with Crippen LogP contribution in [0.3, 0.4) is 0 Å². The molecule has 76 valence electrons. The highest BCUT2D eigenvalue weighted by atomic mass is 16.3. The zero-order valence-electron chi connectivity index (χ0n) is 8.95. The average Bonchev–Trinajstić information content (AvgIpc) is 2.23. The van der Waals surface area contributed by atoms with Gasteiger partial charge >= 0.3 is 0 Å². The van der Waals surface area contributed by atoms with E-state index in [9.17, 15) is 5.11 Å². The van der Waals surface area contributed by atoms with Crippen LogP contribution in [0.15, 0.2) is 0 Å². The van der Waals surface area contributed by atoms with Crippen LogP contribution in [0, 0.1) is 0 Å². The number of fused-ring (bicyclic) bond motifs is 2. The smallest absolute Gasteiger partial charge is 0.0649 e. The maximum atomic E-state index is 10.0. The van der Waals surface area contributed by atoms with Gasteiger partial charge in [-0.25, -0.2) is 0 Å². The van der Waals surface area contributed by atoms with Gasteiger partial charge in [-0.05, 0) is 46.5 Å². The average molecular weight is 183 g/mol. The molecule has 2 nitrogen and oxygen atoms in total. The van der Waals surface area contributed by atoms with E-state index < -0.39 is 5.60 Å². The van der Waals surface area contributed by atoms with Crippen molar-refractivity contribution >= 4 is 0 Å². The van der Waals surface area contributed by atoms with Crippen LogP contribution >= 0.6 is 0 Å². The lowest BCUT2D eigenvalue weighted by Gasteiger charge is -2.44. The first-order valence-corrected chi connectivity index (χ1v) is 5.49. The van der Waals surface area contributed by atoms with Gasteiger partial charge in [0.1, 0.15) is 0 Å². The van der Waals surface area contributed by atoms with E-state index in [1.54, 1.807) is 0 Å². The van der Waals surface area contributed by atoms with E-state index in [0.29, 0.717) is 18.1 Å². The molecule has 2 fully saturated rings. The van der Waals surface area contributed by atoms with Crippen LogP contribution in [0.2, 0.25) is 0 Å². The Balaban J connectivity index is 2.13. The molecule has 0 spiro atoms. The summed E-state index contributed by atoms with van der Waals surface area (Å²) in [5, 5.41) is 10.0. The first kappa shape index (κ1) is 9.47. The molecule has 2 aliphatic rings. The van der Waals surface area contributed by atoms with E-state index in [1.807, 2.05) is 6.92 Å². The third-order valence-electron chi connectivity index (χ3n) is 3.62. The molecule has 2 saturated heterocycles. The summed E-state index contributed by atoms with van der Waals surface area (Å²) in [6.45, 7) is 6.53. The molecule has 0 aromatic heterocycles. The third kappa shape index (κ3) is 1.62. The highest BCUT2D eigenvalue weighted by Crippen LogP contribution is 2.41. The van der Waals surface area contributed by atoms with Crippen molar-refractivity contribution in [1.82, 2.24) is 4.90 Å². The minimum absolute atomic E-state index is 0.392. The van der Waals surface area contributed by atoms with E-state index in [-0.39, 0.29) is 0 Å². The third-order valence-corrected chi connectivity index (χ3v) is 3.62. The molecule has 2 aliphatic heterocycles. The fourth-order valence-electron chi connectivity index (χ4n) is 3.34. The largest absolute Gasteiger partial charge is 0.390 e. The molecule has 2 unspecified atom stereocenters. The fourth-order valence-corrected chi connectivity index (χ4v) is 3.34. The molecule has 0 aromatic carbocycles. The van der Waals surface area contributed by atoms with Gasteiger partial charge in [0.15, 0.2) is 0 Å². The molecular weight excluding hydrogens is 162 g/mol. The van der Waals surface area contributed by atoms with Crippen molar-refractivity contribution in [2.24, 2.45) is 0 Å². The van der Waals surface area contributed by atoms with Gasteiger partial charge in [0.2, 0.25) is 0 Å². The number of piperidine rings is 1. The summed E-state index contributed by atoms with van der Waals surface area (Å²) < 4.78 is 0. The topological polar surface area (TPSA) is 23.5 Å². The van der Waals surface area contributed by atoms with Crippen molar-refractivity contribution in [1.29, 1.82) is 0 Å². The minimum Gasteiger partial charge on any atom is -0.390 e. The zero-order chi connectivity index (χ0) is 9.64. The highest BCUT2D eigenvalue weighted by Gasteiger charge is 2.45. The van der Waals surface area contributed by atoms with Crippen molar-refractivity contribution in [3.05, 3.63) is 0 Å². The van der Waals surface area contributed by atoms with Crippen LogP contribution in [-0.4, -0.2) is 33.7 Å². The Kier molecular flexibility index (Phi) is 2.16. The zero-order valence-corrected chi connectivity index (χ0v) is 8.95. The van der Waals surface area contributed by atoms with E-state index >= 15 is 0 Å². The predicted octanol–water partition coefficient (Wildman–Crippen LogP) is 1.77. The monoisotopic (exact) mass is 183 g/mol. The van der Waals surface area contributed by atoms with Gasteiger partial charge in [-0.15, -0.1) is 0 Å². The molecule has 0 amide bonds. The van der Waals surface area contributed by atoms with Crippen LogP contribution in [0.25, 0.3) is 0 Å². The van der Waals surface area contributed by atoms with Gasteiger partial charge < -0.3 is 5.11 Å². The minimum atomic E-state index is -0.392. The van der Waals surface area contributed by atoms with Crippen molar-refractivity contribution < 1.29 is 5.11 Å². The Hall–Kier alpha value is -0.0800. The normalized spacial score (nSPS) is 45.9. The maximum Gasteiger partial charge on any atom is 0.0649 e. The molecule has 2 heterocycles. The molecular formula is C11H21NO. The fraction of sp³-hybridized carbons (Fsp3) is 1.00. The van der Waals surface area contributed by atoms with Crippen molar-refractivity contribution in [3.8, 4) is 0 Å². The summed E-state index contributed by atoms with van der Waals surface area (Å²) in [5.74, 6) is 0. The van der Waals surface area contributed by atoms with Crippen molar-refractivity contribution in [3.63, 3.8) is 0 Å². The van der Waals surface area contributed by atoms with E-state index in [1.165, 1.54) is 12.8 Å². The van der Waals surface area contributed by atoms with Gasteiger partial charge in [-0.1, -0.05) is 0 Å². The molecule has 2 heteroatoms. The van der Waals surface area contributed by atoms with Crippen LogP contribution in [0.1, 0.15) is 46.5 Å². The lowest BCUT2D eigenvalue weighted by molar-refractivity contribution is -0.0480. The van der Waals surface area contributed by atoms with Gasteiger partial charge in [-0.2, -0.15) is 0 Å². The molecule has 0 saturated carbocycles. The first-order chi connectivity index (χ1) is 5.99. The molecule has 2 bridgehead atoms. The van der Waals surface area contributed by atoms with Crippen LogP contribution in [0.5, 0.6) is 0 Å². The Bertz CT molecular complexity index is 184. The van der Waals surface area contributed by atoms with E-state index in [0.717, 1.165) is 12.8 Å². The molecule has 0 aliphatic carbocycles. The van der Waals surface area contributed by atoms with Gasteiger partial charge in [-0.3, -0.25) is 4.90 Å². The predicted molar refractivity (Wildman–Crippen MR) is 53.6 cm³/mol. The van der Waals surface area contributed by atoms with Crippen LogP contribution in [0.4, 0.5) is 0 Å². The Labute approximate surface area is 80.9 Å². The van der Waals surface area contributed by atoms with Crippen molar-refractivity contribution in [2.75, 3.05) is 0 Å². The van der Waals surface area contributed by atoms with E-state index in [4.69, 9.17) is 0 Å². The Morgan fingerprint density at radius 3 is 2.08 bits per heavy atom. The summed E-state index contributed by atoms with van der Waals surface area (Å²) in [5.41, 5.74) is -0.392. The molecule has 2 rings (SSSR count). The molecule has 0 aromatic rings. The van der Waals surface area contributed by atoms with E-state index in [2.05, 4.69) is 18.7 Å².